The van der Waals surface area contributed by atoms with Crippen molar-refractivity contribution in [1.82, 2.24) is 0 Å². The van der Waals surface area contributed by atoms with Crippen LogP contribution in [0.2, 0.25) is 0 Å². The number of aryl methyl sites for hydroxylation is 1. The molecule has 0 saturated carbocycles. The van der Waals surface area contributed by atoms with E-state index < -0.39 is 0 Å². The van der Waals surface area contributed by atoms with Crippen LogP contribution in [0.5, 0.6) is 0 Å². The molecule has 0 fully saturated rings. The normalized spacial score (nSPS) is 19.7. The molecule has 2 atom stereocenters. The van der Waals surface area contributed by atoms with Crippen molar-refractivity contribution in [1.29, 1.82) is 0 Å². The van der Waals surface area contributed by atoms with Crippen LogP contribution < -0.4 is 0 Å². The Bertz CT molecular complexity index is 2130. The first-order valence-electron chi connectivity index (χ1n) is 21.1. The maximum Gasteiger partial charge on any atom is 0.0648 e. The van der Waals surface area contributed by atoms with Crippen LogP contribution in [0.25, 0.3) is 27.1 Å². The molecular weight excluding hydrogens is 649 g/mol. The van der Waals surface area contributed by atoms with E-state index in [2.05, 4.69) is 144 Å². The summed E-state index contributed by atoms with van der Waals surface area (Å²) in [4.78, 5) is 0. The summed E-state index contributed by atoms with van der Waals surface area (Å²) in [6.45, 7) is 28.5. The molecule has 0 radical (unpaired) electrons. The quantitative estimate of drug-likeness (QED) is 0.172. The Balaban J connectivity index is 0.000000448. The highest BCUT2D eigenvalue weighted by atomic mass is 14.6. The fraction of sp³-hybridized carbons (Fsp3) is 0.370. The standard InChI is InChI=1S/C41H34.C4H10.C3H6.3C2H6/c1-25-23-35-39(24-34(25)30-21-19-27-11-3-5-13-29(27)26(30)2)41(38-22-20-28-12-4-6-14-31(28)40(35)38)36-17-9-7-15-32(36)33-16-8-10-18-37(33)41;1-4(2)3;1-3-2;3*1-2/h3-7,10-15,18-23,34H,8-9,16-17,24H2,1-2H3;4H,1-3H3;3H,1H2,2H3;3*1-2H3. The maximum atomic E-state index is 3.36. The summed E-state index contributed by atoms with van der Waals surface area (Å²) < 4.78 is 0. The van der Waals surface area contributed by atoms with Gasteiger partial charge in [0, 0.05) is 5.92 Å². The Morgan fingerprint density at radius 3 is 1.91 bits per heavy atom. The molecule has 0 bridgehead atoms. The minimum Gasteiger partial charge on any atom is -0.103 e. The molecule has 0 saturated heterocycles. The summed E-state index contributed by atoms with van der Waals surface area (Å²) in [5.41, 5.74) is 16.8. The first-order chi connectivity index (χ1) is 26.3. The zero-order chi connectivity index (χ0) is 39.6. The summed E-state index contributed by atoms with van der Waals surface area (Å²) in [6.07, 6.45) is 19.8. The topological polar surface area (TPSA) is 0 Å². The van der Waals surface area contributed by atoms with Gasteiger partial charge in [-0.15, -0.1) is 6.58 Å². The van der Waals surface area contributed by atoms with E-state index in [1.165, 1.54) is 54.9 Å². The predicted molar refractivity (Wildman–Crippen MR) is 244 cm³/mol. The van der Waals surface area contributed by atoms with Gasteiger partial charge in [0.1, 0.15) is 0 Å². The highest BCUT2D eigenvalue weighted by molar-refractivity contribution is 6.05. The largest absolute Gasteiger partial charge is 0.103 e. The predicted octanol–water partition coefficient (Wildman–Crippen LogP) is 16.7. The summed E-state index contributed by atoms with van der Waals surface area (Å²) in [5, 5.41) is 5.47. The molecule has 0 amide bonds. The van der Waals surface area contributed by atoms with Crippen molar-refractivity contribution >= 4 is 27.1 Å². The van der Waals surface area contributed by atoms with Gasteiger partial charge in [-0.1, -0.05) is 177 Å². The molecule has 4 aromatic carbocycles. The minimum absolute atomic E-state index is 0.138. The fourth-order valence-electron chi connectivity index (χ4n) is 9.13. The molecule has 2 unspecified atom stereocenters. The van der Waals surface area contributed by atoms with Crippen LogP contribution in [0.15, 0.2) is 149 Å². The Hall–Kier alpha value is -4.42. The molecule has 4 aromatic rings. The van der Waals surface area contributed by atoms with Gasteiger partial charge < -0.3 is 0 Å². The molecule has 0 heterocycles. The van der Waals surface area contributed by atoms with Crippen LogP contribution >= 0.6 is 0 Å². The zero-order valence-electron chi connectivity index (χ0n) is 35.8. The highest BCUT2D eigenvalue weighted by Gasteiger charge is 2.55. The summed E-state index contributed by atoms with van der Waals surface area (Å²) in [5.74, 6) is 1.22. The van der Waals surface area contributed by atoms with Gasteiger partial charge >= 0.3 is 0 Å². The summed E-state index contributed by atoms with van der Waals surface area (Å²) in [7, 11) is 0. The van der Waals surface area contributed by atoms with E-state index in [9.17, 15) is 0 Å². The van der Waals surface area contributed by atoms with Gasteiger partial charge in [0.2, 0.25) is 0 Å². The molecule has 54 heavy (non-hydrogen) atoms. The smallest absolute Gasteiger partial charge is 0.0648 e. The van der Waals surface area contributed by atoms with E-state index in [1.54, 1.807) is 33.9 Å². The fourth-order valence-corrected chi connectivity index (χ4v) is 9.13. The second-order valence-electron chi connectivity index (χ2n) is 14.8. The summed E-state index contributed by atoms with van der Waals surface area (Å²) in [6, 6.07) is 27.6. The van der Waals surface area contributed by atoms with E-state index in [1.807, 2.05) is 48.5 Å². The second-order valence-corrected chi connectivity index (χ2v) is 14.8. The Morgan fingerprint density at radius 2 is 1.24 bits per heavy atom. The number of allylic oxidation sites excluding steroid dienone is 13. The minimum atomic E-state index is -0.138. The average molecular weight is 717 g/mol. The van der Waals surface area contributed by atoms with Crippen LogP contribution in [0.3, 0.4) is 0 Å². The van der Waals surface area contributed by atoms with E-state index in [-0.39, 0.29) is 5.41 Å². The zero-order valence-corrected chi connectivity index (χ0v) is 35.8. The van der Waals surface area contributed by atoms with Gasteiger partial charge in [-0.05, 0) is 136 Å². The van der Waals surface area contributed by atoms with Gasteiger partial charge in [0.15, 0.2) is 0 Å². The lowest BCUT2D eigenvalue weighted by molar-refractivity contribution is 0.621. The van der Waals surface area contributed by atoms with Gasteiger partial charge in [0.05, 0.1) is 5.41 Å². The number of rotatable bonds is 1. The lowest BCUT2D eigenvalue weighted by atomic mass is 9.62. The third-order valence-corrected chi connectivity index (χ3v) is 10.8. The van der Waals surface area contributed by atoms with E-state index in [0.29, 0.717) is 5.92 Å². The molecule has 0 heteroatoms. The monoisotopic (exact) mass is 717 g/mol. The highest BCUT2D eigenvalue weighted by Crippen LogP contribution is 2.67. The van der Waals surface area contributed by atoms with Crippen molar-refractivity contribution in [2.75, 3.05) is 0 Å². The van der Waals surface area contributed by atoms with Crippen molar-refractivity contribution < 1.29 is 0 Å². The number of hydrogen-bond donors (Lipinski definition) is 0. The van der Waals surface area contributed by atoms with Crippen LogP contribution in [0.4, 0.5) is 0 Å². The molecule has 0 nitrogen and oxygen atoms in total. The van der Waals surface area contributed by atoms with Crippen molar-refractivity contribution in [3.63, 3.8) is 0 Å². The third kappa shape index (κ3) is 7.47. The van der Waals surface area contributed by atoms with Gasteiger partial charge in [0.25, 0.3) is 0 Å². The second kappa shape index (κ2) is 19.3. The van der Waals surface area contributed by atoms with E-state index >= 15 is 0 Å². The van der Waals surface area contributed by atoms with Crippen LogP contribution in [0, 0.1) is 12.8 Å². The molecule has 0 N–H and O–H groups in total. The summed E-state index contributed by atoms with van der Waals surface area (Å²) >= 11 is 0. The van der Waals surface area contributed by atoms with Gasteiger partial charge in [-0.2, -0.15) is 0 Å². The molecular formula is C54H68. The van der Waals surface area contributed by atoms with Crippen molar-refractivity contribution in [2.45, 2.75) is 127 Å². The molecule has 9 rings (SSSR count). The van der Waals surface area contributed by atoms with Crippen molar-refractivity contribution in [3.05, 3.63) is 172 Å². The third-order valence-electron chi connectivity index (χ3n) is 10.8. The maximum absolute atomic E-state index is 3.36. The van der Waals surface area contributed by atoms with Crippen LogP contribution in [0.1, 0.15) is 136 Å². The molecule has 284 valence electrons. The number of benzene rings is 4. The average Bonchev–Trinajstić information content (AvgIpc) is 3.67. The van der Waals surface area contributed by atoms with Gasteiger partial charge in [-0.25, -0.2) is 0 Å². The molecule has 5 aliphatic rings. The Labute approximate surface area is 329 Å². The Morgan fingerprint density at radius 1 is 0.685 bits per heavy atom. The lowest BCUT2D eigenvalue weighted by Gasteiger charge is -2.39. The molecule has 0 aromatic heterocycles. The lowest BCUT2D eigenvalue weighted by Crippen LogP contribution is -2.31. The molecule has 1 spiro atoms. The Kier molecular flexibility index (Phi) is 15.1. The van der Waals surface area contributed by atoms with E-state index in [0.717, 1.165) is 38.0 Å². The molecule has 5 aliphatic carbocycles. The number of hydrogen-bond acceptors (Lipinski definition) is 0. The van der Waals surface area contributed by atoms with Crippen molar-refractivity contribution in [3.8, 4) is 0 Å². The van der Waals surface area contributed by atoms with Crippen LogP contribution in [-0.2, 0) is 5.41 Å². The van der Waals surface area contributed by atoms with Gasteiger partial charge in [-0.3, -0.25) is 0 Å². The SMILES string of the molecule is C=CC.CC.CC.CC.CC(C)C.CC1=CC2=C(CC1c1ccc3ccccc3c1C)C1(C3=C(CCC=C3)C3=C1CCC=C3)c1ccc3ccccc3c12. The van der Waals surface area contributed by atoms with Crippen LogP contribution in [-0.4, -0.2) is 0 Å². The van der Waals surface area contributed by atoms with Crippen molar-refractivity contribution in [2.24, 2.45) is 5.92 Å². The first-order valence-corrected chi connectivity index (χ1v) is 21.1. The first kappa shape index (κ1) is 42.3. The van der Waals surface area contributed by atoms with E-state index in [4.69, 9.17) is 0 Å². The molecule has 0 aliphatic heterocycles. The number of fused-ring (bicyclic) bond motifs is 10.